The molecular formula is C20H11ClN4S2. The highest BCUT2D eigenvalue weighted by Gasteiger charge is 2.15. The van der Waals surface area contributed by atoms with Crippen LogP contribution in [0.1, 0.15) is 0 Å². The van der Waals surface area contributed by atoms with Gasteiger partial charge in [0.2, 0.25) is 0 Å². The predicted octanol–water partition coefficient (Wildman–Crippen LogP) is 6.20. The van der Waals surface area contributed by atoms with E-state index < -0.39 is 0 Å². The summed E-state index contributed by atoms with van der Waals surface area (Å²) in [6.45, 7) is 0. The van der Waals surface area contributed by atoms with Crippen LogP contribution in [0.3, 0.4) is 0 Å². The Morgan fingerprint density at radius 2 is 1.81 bits per heavy atom. The normalized spacial score (nSPS) is 11.1. The van der Waals surface area contributed by atoms with Crippen LogP contribution in [-0.2, 0) is 0 Å². The Bertz CT molecular complexity index is 1230. The Morgan fingerprint density at radius 1 is 0.852 bits per heavy atom. The van der Waals surface area contributed by atoms with Gasteiger partial charge >= 0.3 is 0 Å². The quantitative estimate of drug-likeness (QED) is 0.358. The largest absolute Gasteiger partial charge is 0.264 e. The second-order valence-corrected chi connectivity index (χ2v) is 8.18. The number of nitrogens with zero attached hydrogens (tertiary/aromatic N) is 4. The van der Waals surface area contributed by atoms with E-state index in [9.17, 15) is 0 Å². The lowest BCUT2D eigenvalue weighted by Crippen LogP contribution is -1.79. The van der Waals surface area contributed by atoms with Gasteiger partial charge in [-0.2, -0.15) is 0 Å². The van der Waals surface area contributed by atoms with E-state index in [1.807, 2.05) is 36.4 Å². The molecule has 0 unspecified atom stereocenters. The second-order valence-electron chi connectivity index (χ2n) is 5.80. The molecule has 130 valence electrons. The highest BCUT2D eigenvalue weighted by Crippen LogP contribution is 2.39. The number of thiazole rings is 1. The Hall–Kier alpha value is -2.67. The summed E-state index contributed by atoms with van der Waals surface area (Å²) in [6.07, 6.45) is 5.33. The number of thiophene rings is 1. The zero-order valence-corrected chi connectivity index (χ0v) is 16.2. The minimum atomic E-state index is 0.465. The first-order valence-corrected chi connectivity index (χ1v) is 10.2. The molecule has 0 amide bonds. The Labute approximate surface area is 168 Å². The van der Waals surface area contributed by atoms with E-state index in [-0.39, 0.29) is 0 Å². The van der Waals surface area contributed by atoms with Gasteiger partial charge in [-0.25, -0.2) is 9.97 Å². The zero-order chi connectivity index (χ0) is 18.2. The molecule has 0 aliphatic heterocycles. The Morgan fingerprint density at radius 3 is 2.63 bits per heavy atom. The average molecular weight is 407 g/mol. The molecule has 0 spiro atoms. The SMILES string of the molecule is Clc1nc(-c2cccnc2)sc1-c1ccc2cc(-c3ccccn3)sc2n1. The lowest BCUT2D eigenvalue weighted by molar-refractivity contribution is 1.31. The van der Waals surface area contributed by atoms with E-state index >= 15 is 0 Å². The van der Waals surface area contributed by atoms with E-state index in [1.54, 1.807) is 29.9 Å². The fourth-order valence-electron chi connectivity index (χ4n) is 2.75. The van der Waals surface area contributed by atoms with E-state index in [0.29, 0.717) is 5.15 Å². The summed E-state index contributed by atoms with van der Waals surface area (Å²) >= 11 is 9.56. The van der Waals surface area contributed by atoms with Crippen LogP contribution in [-0.4, -0.2) is 19.9 Å². The van der Waals surface area contributed by atoms with Crippen LogP contribution in [0.5, 0.6) is 0 Å². The first-order valence-electron chi connectivity index (χ1n) is 8.17. The maximum atomic E-state index is 6.41. The van der Waals surface area contributed by atoms with E-state index in [1.165, 1.54) is 11.3 Å². The number of rotatable bonds is 3. The third-order valence-corrected chi connectivity index (χ3v) is 6.61. The van der Waals surface area contributed by atoms with Crippen LogP contribution in [0.4, 0.5) is 0 Å². The van der Waals surface area contributed by atoms with Gasteiger partial charge < -0.3 is 0 Å². The first kappa shape index (κ1) is 16.5. The Balaban J connectivity index is 1.57. The van der Waals surface area contributed by atoms with Crippen LogP contribution in [0.25, 0.3) is 41.9 Å². The van der Waals surface area contributed by atoms with Gasteiger partial charge in [-0.1, -0.05) is 17.7 Å². The van der Waals surface area contributed by atoms with Crippen LogP contribution in [0, 0.1) is 0 Å². The van der Waals surface area contributed by atoms with Gasteiger partial charge in [-0.3, -0.25) is 9.97 Å². The molecule has 7 heteroatoms. The molecule has 5 rings (SSSR count). The topological polar surface area (TPSA) is 51.6 Å². The van der Waals surface area contributed by atoms with Gasteiger partial charge in [-0.15, -0.1) is 22.7 Å². The third-order valence-electron chi connectivity index (χ3n) is 4.03. The standard InChI is InChI=1S/C20H11ClN4S2/c21-18-17(27-20(25-18)13-4-3-8-22-11-13)15-7-6-12-10-16(26-19(12)24-15)14-5-1-2-9-23-14/h1-11H. The maximum absolute atomic E-state index is 6.41. The van der Waals surface area contributed by atoms with Gasteiger partial charge in [0.25, 0.3) is 0 Å². The molecule has 0 fully saturated rings. The number of hydrogen-bond acceptors (Lipinski definition) is 6. The number of pyridine rings is 3. The van der Waals surface area contributed by atoms with Gasteiger partial charge in [-0.05, 0) is 42.5 Å². The van der Waals surface area contributed by atoms with Gasteiger partial charge in [0.05, 0.1) is 21.1 Å². The molecule has 0 N–H and O–H groups in total. The van der Waals surface area contributed by atoms with Crippen LogP contribution < -0.4 is 0 Å². The number of aromatic nitrogens is 4. The smallest absolute Gasteiger partial charge is 0.150 e. The summed E-state index contributed by atoms with van der Waals surface area (Å²) in [4.78, 5) is 20.8. The van der Waals surface area contributed by atoms with Gasteiger partial charge in [0.15, 0.2) is 0 Å². The van der Waals surface area contributed by atoms with Crippen molar-refractivity contribution in [1.29, 1.82) is 0 Å². The van der Waals surface area contributed by atoms with Crippen molar-refractivity contribution in [2.45, 2.75) is 0 Å². The van der Waals surface area contributed by atoms with Crippen LogP contribution in [0.15, 0.2) is 67.1 Å². The van der Waals surface area contributed by atoms with E-state index in [0.717, 1.165) is 41.9 Å². The van der Waals surface area contributed by atoms with Crippen LogP contribution in [0.2, 0.25) is 5.15 Å². The van der Waals surface area contributed by atoms with Crippen molar-refractivity contribution in [3.05, 3.63) is 72.3 Å². The van der Waals surface area contributed by atoms with Gasteiger partial charge in [0.1, 0.15) is 15.0 Å². The summed E-state index contributed by atoms with van der Waals surface area (Å²) in [6, 6.07) is 16.0. The molecule has 5 heterocycles. The summed E-state index contributed by atoms with van der Waals surface area (Å²) in [5.74, 6) is 0. The second kappa shape index (κ2) is 6.81. The molecule has 0 atom stereocenters. The van der Waals surface area contributed by atoms with Crippen molar-refractivity contribution in [3.8, 4) is 31.7 Å². The fraction of sp³-hybridized carbons (Fsp3) is 0. The molecule has 0 aliphatic carbocycles. The lowest BCUT2D eigenvalue weighted by atomic mass is 10.2. The van der Waals surface area contributed by atoms with Crippen molar-refractivity contribution in [2.24, 2.45) is 0 Å². The number of fused-ring (bicyclic) bond motifs is 1. The molecular weight excluding hydrogens is 396 g/mol. The van der Waals surface area contributed by atoms with Crippen molar-refractivity contribution in [2.75, 3.05) is 0 Å². The molecule has 5 aromatic heterocycles. The lowest BCUT2D eigenvalue weighted by Gasteiger charge is -1.97. The summed E-state index contributed by atoms with van der Waals surface area (Å²) in [5, 5.41) is 2.40. The minimum Gasteiger partial charge on any atom is -0.264 e. The minimum absolute atomic E-state index is 0.465. The molecule has 0 bridgehead atoms. The highest BCUT2D eigenvalue weighted by atomic mass is 35.5. The molecule has 27 heavy (non-hydrogen) atoms. The Kier molecular flexibility index (Phi) is 4.16. The first-order chi connectivity index (χ1) is 13.3. The molecule has 0 aliphatic rings. The number of halogens is 1. The van der Waals surface area contributed by atoms with Gasteiger partial charge in [0, 0.05) is 29.5 Å². The van der Waals surface area contributed by atoms with E-state index in [4.69, 9.17) is 16.6 Å². The molecule has 4 nitrogen and oxygen atoms in total. The zero-order valence-electron chi connectivity index (χ0n) is 13.8. The van der Waals surface area contributed by atoms with Crippen molar-refractivity contribution >= 4 is 44.5 Å². The maximum Gasteiger partial charge on any atom is 0.150 e. The van der Waals surface area contributed by atoms with Crippen LogP contribution >= 0.6 is 34.3 Å². The predicted molar refractivity (Wildman–Crippen MR) is 112 cm³/mol. The monoisotopic (exact) mass is 406 g/mol. The summed E-state index contributed by atoms with van der Waals surface area (Å²) in [7, 11) is 0. The van der Waals surface area contributed by atoms with Crippen molar-refractivity contribution in [3.63, 3.8) is 0 Å². The van der Waals surface area contributed by atoms with E-state index in [2.05, 4.69) is 27.1 Å². The van der Waals surface area contributed by atoms with Crippen molar-refractivity contribution < 1.29 is 0 Å². The summed E-state index contributed by atoms with van der Waals surface area (Å²) in [5.41, 5.74) is 2.73. The number of hydrogen-bond donors (Lipinski definition) is 0. The molecule has 5 aromatic rings. The molecule has 0 aromatic carbocycles. The third kappa shape index (κ3) is 3.12. The average Bonchev–Trinajstić information content (AvgIpc) is 3.32. The van der Waals surface area contributed by atoms with Crippen molar-refractivity contribution in [1.82, 2.24) is 19.9 Å². The molecule has 0 saturated carbocycles. The highest BCUT2D eigenvalue weighted by molar-refractivity contribution is 7.22. The molecule has 0 radical (unpaired) electrons. The summed E-state index contributed by atoms with van der Waals surface area (Å²) < 4.78 is 0. The molecule has 0 saturated heterocycles. The fourth-order valence-corrected chi connectivity index (χ4v) is 5.02.